The van der Waals surface area contributed by atoms with Crippen molar-refractivity contribution in [3.8, 4) is 5.75 Å². The third kappa shape index (κ3) is 2.83. The van der Waals surface area contributed by atoms with Crippen LogP contribution < -0.4 is 10.5 Å². The molecule has 3 nitrogen and oxygen atoms in total. The number of aliphatic hydroxyl groups is 1. The molecule has 14 heavy (non-hydrogen) atoms. The summed E-state index contributed by atoms with van der Waals surface area (Å²) in [6, 6.07) is 3.43. The maximum absolute atomic E-state index is 12.8. The summed E-state index contributed by atoms with van der Waals surface area (Å²) in [6.07, 6.45) is 0. The molecule has 0 heterocycles. The first-order valence-corrected chi connectivity index (χ1v) is 3.89. The van der Waals surface area contributed by atoms with Gasteiger partial charge in [-0.05, 0) is 18.2 Å². The van der Waals surface area contributed by atoms with Gasteiger partial charge in [0.2, 0.25) is 0 Å². The highest BCUT2D eigenvalue weighted by molar-refractivity contribution is 5.85. The van der Waals surface area contributed by atoms with Crippen LogP contribution in [-0.4, -0.2) is 18.8 Å². The Hall–Kier alpha value is -0.840. The molecular formula is C9H13ClFNO2. The Bertz CT molecular complexity index is 296. The van der Waals surface area contributed by atoms with Crippen LogP contribution in [0.4, 0.5) is 4.39 Å². The lowest BCUT2D eigenvalue weighted by Gasteiger charge is -2.12. The van der Waals surface area contributed by atoms with Gasteiger partial charge in [0, 0.05) is 5.56 Å². The number of nitrogens with two attached hydrogens (primary N) is 1. The lowest BCUT2D eigenvalue weighted by Crippen LogP contribution is -2.15. The minimum Gasteiger partial charge on any atom is -0.496 e. The second-order valence-corrected chi connectivity index (χ2v) is 2.68. The highest BCUT2D eigenvalue weighted by atomic mass is 35.5. The van der Waals surface area contributed by atoms with Gasteiger partial charge in [0.1, 0.15) is 11.6 Å². The SMILES string of the molecule is COc1ccc(F)cc1[C@@H](N)CO.Cl. The summed E-state index contributed by atoms with van der Waals surface area (Å²) in [5.41, 5.74) is 6.02. The average Bonchev–Trinajstić information content (AvgIpc) is 2.16. The number of methoxy groups -OCH3 is 1. The lowest BCUT2D eigenvalue weighted by molar-refractivity contribution is 0.264. The zero-order valence-electron chi connectivity index (χ0n) is 7.74. The van der Waals surface area contributed by atoms with Crippen LogP contribution in [0, 0.1) is 5.82 Å². The lowest BCUT2D eigenvalue weighted by atomic mass is 10.1. The minimum atomic E-state index is -0.606. The van der Waals surface area contributed by atoms with E-state index in [1.54, 1.807) is 0 Å². The van der Waals surface area contributed by atoms with Gasteiger partial charge in [0.15, 0.2) is 0 Å². The molecule has 1 aromatic carbocycles. The maximum Gasteiger partial charge on any atom is 0.123 e. The number of rotatable bonds is 3. The molecule has 0 bridgehead atoms. The molecule has 5 heteroatoms. The summed E-state index contributed by atoms with van der Waals surface area (Å²) < 4.78 is 17.8. The number of hydrogen-bond acceptors (Lipinski definition) is 3. The highest BCUT2D eigenvalue weighted by Crippen LogP contribution is 2.24. The number of halogens is 2. The standard InChI is InChI=1S/C9H12FNO2.ClH/c1-13-9-3-2-6(10)4-7(9)8(11)5-12;/h2-4,8,12H,5,11H2,1H3;1H/t8-;/m0./s1. The predicted octanol–water partition coefficient (Wildman–Crippen LogP) is 1.25. The van der Waals surface area contributed by atoms with E-state index in [-0.39, 0.29) is 24.8 Å². The second kappa shape index (κ2) is 5.80. The first-order valence-electron chi connectivity index (χ1n) is 3.89. The minimum absolute atomic E-state index is 0. The monoisotopic (exact) mass is 221 g/mol. The molecule has 0 radical (unpaired) electrons. The average molecular weight is 222 g/mol. The Morgan fingerprint density at radius 1 is 1.57 bits per heavy atom. The number of aliphatic hydroxyl groups excluding tert-OH is 1. The van der Waals surface area contributed by atoms with Gasteiger partial charge in [-0.25, -0.2) is 4.39 Å². The van der Waals surface area contributed by atoms with Crippen LogP contribution in [0.1, 0.15) is 11.6 Å². The summed E-state index contributed by atoms with van der Waals surface area (Å²) in [7, 11) is 1.47. The van der Waals surface area contributed by atoms with Crippen molar-refractivity contribution in [3.05, 3.63) is 29.6 Å². The Balaban J connectivity index is 0.00000169. The molecule has 0 aliphatic rings. The van der Waals surface area contributed by atoms with Crippen LogP contribution in [0.2, 0.25) is 0 Å². The van der Waals surface area contributed by atoms with Crippen LogP contribution in [-0.2, 0) is 0 Å². The van der Waals surface area contributed by atoms with Gasteiger partial charge in [0.05, 0.1) is 19.8 Å². The molecule has 0 amide bonds. The summed E-state index contributed by atoms with van der Waals surface area (Å²) in [6.45, 7) is -0.236. The summed E-state index contributed by atoms with van der Waals surface area (Å²) in [5.74, 6) is 0.0997. The van der Waals surface area contributed by atoms with Crippen molar-refractivity contribution in [2.24, 2.45) is 5.73 Å². The number of ether oxygens (including phenoxy) is 1. The van der Waals surface area contributed by atoms with Gasteiger partial charge in [-0.2, -0.15) is 0 Å². The van der Waals surface area contributed by atoms with E-state index in [2.05, 4.69) is 0 Å². The molecule has 3 N–H and O–H groups in total. The molecule has 0 fully saturated rings. The van der Waals surface area contributed by atoms with Crippen LogP contribution in [0.25, 0.3) is 0 Å². The fourth-order valence-electron chi connectivity index (χ4n) is 1.09. The van der Waals surface area contributed by atoms with Crippen molar-refractivity contribution in [3.63, 3.8) is 0 Å². The molecule has 1 rings (SSSR count). The van der Waals surface area contributed by atoms with E-state index in [1.807, 2.05) is 0 Å². The molecule has 0 aromatic heterocycles. The first kappa shape index (κ1) is 13.2. The van der Waals surface area contributed by atoms with Gasteiger partial charge >= 0.3 is 0 Å². The third-order valence-electron chi connectivity index (χ3n) is 1.79. The Labute approximate surface area is 88.1 Å². The molecular weight excluding hydrogens is 209 g/mol. The van der Waals surface area contributed by atoms with Gasteiger partial charge in [0.25, 0.3) is 0 Å². The van der Waals surface area contributed by atoms with Crippen molar-refractivity contribution < 1.29 is 14.2 Å². The van der Waals surface area contributed by atoms with E-state index in [0.717, 1.165) is 0 Å². The molecule has 0 saturated carbocycles. The fraction of sp³-hybridized carbons (Fsp3) is 0.333. The number of hydrogen-bond donors (Lipinski definition) is 2. The molecule has 0 spiro atoms. The molecule has 1 atom stereocenters. The maximum atomic E-state index is 12.8. The van der Waals surface area contributed by atoms with Crippen molar-refractivity contribution in [1.29, 1.82) is 0 Å². The largest absolute Gasteiger partial charge is 0.496 e. The molecule has 0 saturated heterocycles. The molecule has 0 aliphatic carbocycles. The highest BCUT2D eigenvalue weighted by Gasteiger charge is 2.11. The van der Waals surface area contributed by atoms with Crippen molar-refractivity contribution in [1.82, 2.24) is 0 Å². The smallest absolute Gasteiger partial charge is 0.123 e. The van der Waals surface area contributed by atoms with E-state index in [9.17, 15) is 4.39 Å². The summed E-state index contributed by atoms with van der Waals surface area (Å²) in [5, 5.41) is 8.80. The third-order valence-corrected chi connectivity index (χ3v) is 1.79. The van der Waals surface area contributed by atoms with Gasteiger partial charge < -0.3 is 15.6 Å². The Morgan fingerprint density at radius 2 is 2.21 bits per heavy atom. The molecule has 0 unspecified atom stereocenters. The topological polar surface area (TPSA) is 55.5 Å². The van der Waals surface area contributed by atoms with Crippen LogP contribution in [0.15, 0.2) is 18.2 Å². The van der Waals surface area contributed by atoms with E-state index >= 15 is 0 Å². The zero-order chi connectivity index (χ0) is 9.84. The molecule has 80 valence electrons. The Kier molecular flexibility index (Phi) is 5.45. The normalized spacial score (nSPS) is 11.7. The quantitative estimate of drug-likeness (QED) is 0.808. The molecule has 1 aromatic rings. The number of benzene rings is 1. The van der Waals surface area contributed by atoms with Gasteiger partial charge in [-0.3, -0.25) is 0 Å². The predicted molar refractivity (Wildman–Crippen MR) is 54.2 cm³/mol. The van der Waals surface area contributed by atoms with E-state index in [1.165, 1.54) is 25.3 Å². The van der Waals surface area contributed by atoms with E-state index in [4.69, 9.17) is 15.6 Å². The van der Waals surface area contributed by atoms with Crippen molar-refractivity contribution >= 4 is 12.4 Å². The molecule has 0 aliphatic heterocycles. The summed E-state index contributed by atoms with van der Waals surface area (Å²) in [4.78, 5) is 0. The van der Waals surface area contributed by atoms with Crippen LogP contribution >= 0.6 is 12.4 Å². The van der Waals surface area contributed by atoms with E-state index < -0.39 is 6.04 Å². The van der Waals surface area contributed by atoms with Crippen molar-refractivity contribution in [2.75, 3.05) is 13.7 Å². The Morgan fingerprint density at radius 3 is 2.71 bits per heavy atom. The van der Waals surface area contributed by atoms with Crippen LogP contribution in [0.5, 0.6) is 5.75 Å². The van der Waals surface area contributed by atoms with Crippen molar-refractivity contribution in [2.45, 2.75) is 6.04 Å². The second-order valence-electron chi connectivity index (χ2n) is 2.68. The van der Waals surface area contributed by atoms with Crippen LogP contribution in [0.3, 0.4) is 0 Å². The van der Waals surface area contributed by atoms with Gasteiger partial charge in [-0.1, -0.05) is 0 Å². The van der Waals surface area contributed by atoms with Gasteiger partial charge in [-0.15, -0.1) is 12.4 Å². The first-order chi connectivity index (χ1) is 6.19. The summed E-state index contributed by atoms with van der Waals surface area (Å²) >= 11 is 0. The van der Waals surface area contributed by atoms with E-state index in [0.29, 0.717) is 11.3 Å². The fourth-order valence-corrected chi connectivity index (χ4v) is 1.09. The zero-order valence-corrected chi connectivity index (χ0v) is 8.55.